The molecule has 1 amide bonds. The number of anilines is 1. The largest absolute Gasteiger partial charge is 0.443 e. The average molecular weight is 581 g/mol. The summed E-state index contributed by atoms with van der Waals surface area (Å²) in [6.07, 6.45) is 2.75. The molecule has 0 aromatic heterocycles. The van der Waals surface area contributed by atoms with Gasteiger partial charge in [-0.2, -0.15) is 5.10 Å². The average Bonchev–Trinajstić information content (AvgIpc) is 3.51. The van der Waals surface area contributed by atoms with E-state index in [9.17, 15) is 4.79 Å². The number of ether oxygens (including phenoxy) is 1. The van der Waals surface area contributed by atoms with Gasteiger partial charge >= 0.3 is 5.85 Å². The summed E-state index contributed by atoms with van der Waals surface area (Å²) >= 11 is 4.77. The van der Waals surface area contributed by atoms with Crippen LogP contribution >= 0.6 is 27.7 Å². The Hall–Kier alpha value is -3.81. The molecule has 1 saturated heterocycles. The predicted octanol–water partition coefficient (Wildman–Crippen LogP) is 8.06. The van der Waals surface area contributed by atoms with E-state index in [4.69, 9.17) is 9.84 Å². The first-order valence-corrected chi connectivity index (χ1v) is 14.0. The lowest BCUT2D eigenvalue weighted by Crippen LogP contribution is -2.63. The number of halogens is 1. The van der Waals surface area contributed by atoms with Gasteiger partial charge in [0, 0.05) is 16.5 Å². The Kier molecular flexibility index (Phi) is 5.64. The number of carbonyl (C=O) groups excluding carboxylic acids is 1. The lowest BCUT2D eigenvalue weighted by Gasteiger charge is -2.49. The maximum Gasteiger partial charge on any atom is 0.321 e. The van der Waals surface area contributed by atoms with Gasteiger partial charge < -0.3 is 4.74 Å². The van der Waals surface area contributed by atoms with E-state index < -0.39 is 5.85 Å². The van der Waals surface area contributed by atoms with Gasteiger partial charge in [-0.3, -0.25) is 4.79 Å². The number of amides is 1. The first-order valence-electron chi connectivity index (χ1n) is 12.4. The van der Waals surface area contributed by atoms with Crippen LogP contribution in [0.15, 0.2) is 124 Å². The van der Waals surface area contributed by atoms with Crippen molar-refractivity contribution in [2.24, 2.45) is 5.10 Å². The summed E-state index contributed by atoms with van der Waals surface area (Å²) in [6, 6.07) is 36.0. The van der Waals surface area contributed by atoms with Crippen LogP contribution in [0.25, 0.3) is 6.08 Å². The van der Waals surface area contributed by atoms with Gasteiger partial charge in [0.05, 0.1) is 22.3 Å². The molecule has 4 aromatic rings. The Balaban J connectivity index is 1.49. The molecule has 1 fully saturated rings. The van der Waals surface area contributed by atoms with Crippen LogP contribution in [0.1, 0.15) is 29.2 Å². The van der Waals surface area contributed by atoms with Gasteiger partial charge in [-0.1, -0.05) is 94.8 Å². The van der Waals surface area contributed by atoms with E-state index in [1.165, 1.54) is 11.8 Å². The molecule has 0 radical (unpaired) electrons. The van der Waals surface area contributed by atoms with Gasteiger partial charge in [0.25, 0.3) is 5.24 Å². The molecule has 0 N–H and O–H groups in total. The Morgan fingerprint density at radius 1 is 0.921 bits per heavy atom. The third-order valence-electron chi connectivity index (χ3n) is 7.02. The summed E-state index contributed by atoms with van der Waals surface area (Å²) in [7, 11) is 0. The quantitative estimate of drug-likeness (QED) is 0.246. The highest BCUT2D eigenvalue weighted by Crippen LogP contribution is 2.57. The fraction of sp³-hybridized carbons (Fsp3) is 0.0968. The molecule has 5 nitrogen and oxygen atoms in total. The molecule has 7 heteroatoms. The van der Waals surface area contributed by atoms with Crippen molar-refractivity contribution in [3.05, 3.63) is 135 Å². The van der Waals surface area contributed by atoms with Crippen LogP contribution in [-0.2, 0) is 0 Å². The van der Waals surface area contributed by atoms with Crippen LogP contribution in [0.2, 0.25) is 0 Å². The van der Waals surface area contributed by atoms with Gasteiger partial charge in [-0.05, 0) is 59.3 Å². The maximum absolute atomic E-state index is 13.9. The Morgan fingerprint density at radius 3 is 2.45 bits per heavy atom. The highest BCUT2D eigenvalue weighted by Gasteiger charge is 2.63. The molecule has 3 aliphatic heterocycles. The van der Waals surface area contributed by atoms with Crippen LogP contribution in [0.4, 0.5) is 10.5 Å². The number of nitrogens with zero attached hydrogens (tertiary/aromatic N) is 3. The second kappa shape index (κ2) is 9.19. The zero-order chi connectivity index (χ0) is 25.7. The first kappa shape index (κ1) is 23.3. The molecule has 38 heavy (non-hydrogen) atoms. The van der Waals surface area contributed by atoms with Gasteiger partial charge in [0.2, 0.25) is 0 Å². The van der Waals surface area contributed by atoms with Crippen LogP contribution in [0, 0.1) is 0 Å². The summed E-state index contributed by atoms with van der Waals surface area (Å²) in [6.45, 7) is 0. The number of hydrogen-bond acceptors (Lipinski definition) is 5. The predicted molar refractivity (Wildman–Crippen MR) is 156 cm³/mol. The number of rotatable bonds is 3. The molecule has 3 heterocycles. The van der Waals surface area contributed by atoms with Crippen LogP contribution in [-0.4, -0.2) is 21.8 Å². The van der Waals surface area contributed by atoms with Crippen molar-refractivity contribution in [2.75, 3.05) is 4.90 Å². The van der Waals surface area contributed by atoms with E-state index in [1.54, 1.807) is 4.90 Å². The lowest BCUT2D eigenvalue weighted by molar-refractivity contribution is -0.0763. The first-order chi connectivity index (χ1) is 18.6. The number of thioether (sulfide) groups is 1. The molecule has 7 rings (SSSR count). The number of fused-ring (bicyclic) bond motifs is 4. The number of benzene rings is 4. The SMILES string of the molecule is O=C1S/C(=C\c2cccc(Br)c2)C2(Oc3ccccc3C3CC(c4ccccc4)=NN32)N1c1ccccc1. The minimum Gasteiger partial charge on any atom is -0.443 e. The van der Waals surface area contributed by atoms with E-state index in [-0.39, 0.29) is 11.3 Å². The Labute approximate surface area is 233 Å². The number of para-hydroxylation sites is 2. The monoisotopic (exact) mass is 579 g/mol. The molecule has 2 unspecified atom stereocenters. The Bertz CT molecular complexity index is 1610. The summed E-state index contributed by atoms with van der Waals surface area (Å²) in [4.78, 5) is 16.4. The summed E-state index contributed by atoms with van der Waals surface area (Å²) < 4.78 is 7.92. The molecule has 3 aliphatic rings. The molecular formula is C31H22BrN3O2S. The van der Waals surface area contributed by atoms with Crippen LogP contribution in [0.5, 0.6) is 5.75 Å². The Morgan fingerprint density at radius 2 is 1.66 bits per heavy atom. The van der Waals surface area contributed by atoms with E-state index in [0.29, 0.717) is 6.42 Å². The maximum atomic E-state index is 13.9. The topological polar surface area (TPSA) is 45.1 Å². The summed E-state index contributed by atoms with van der Waals surface area (Å²) in [5.41, 5.74) is 4.82. The highest BCUT2D eigenvalue weighted by atomic mass is 79.9. The van der Waals surface area contributed by atoms with E-state index in [2.05, 4.69) is 34.1 Å². The second-order valence-electron chi connectivity index (χ2n) is 9.33. The lowest BCUT2D eigenvalue weighted by atomic mass is 9.95. The minimum absolute atomic E-state index is 0.0984. The summed E-state index contributed by atoms with van der Waals surface area (Å²) in [5.74, 6) is -0.518. The fourth-order valence-corrected chi connectivity index (χ4v) is 6.85. The van der Waals surface area contributed by atoms with Crippen molar-refractivity contribution in [3.8, 4) is 5.75 Å². The third kappa shape index (κ3) is 3.68. The van der Waals surface area contributed by atoms with Crippen molar-refractivity contribution in [1.82, 2.24) is 5.01 Å². The van der Waals surface area contributed by atoms with Gasteiger partial charge in [0.1, 0.15) is 5.75 Å². The normalized spacial score (nSPS) is 22.9. The molecular weight excluding hydrogens is 558 g/mol. The van der Waals surface area contributed by atoms with E-state index in [1.807, 2.05) is 102 Å². The van der Waals surface area contributed by atoms with Crippen molar-refractivity contribution in [1.29, 1.82) is 0 Å². The molecule has 186 valence electrons. The molecule has 0 aliphatic carbocycles. The molecule has 0 bridgehead atoms. The van der Waals surface area contributed by atoms with Crippen molar-refractivity contribution in [2.45, 2.75) is 18.3 Å². The van der Waals surface area contributed by atoms with Crippen molar-refractivity contribution < 1.29 is 9.53 Å². The van der Waals surface area contributed by atoms with Gasteiger partial charge in [0.15, 0.2) is 0 Å². The fourth-order valence-electron chi connectivity index (χ4n) is 5.37. The number of hydrazone groups is 1. The zero-order valence-corrected chi connectivity index (χ0v) is 22.6. The molecule has 0 saturated carbocycles. The standard InChI is InChI=1S/C31H22BrN3O2S/c32-23-13-9-10-21(18-23)19-29-31(34(30(36)38-29)24-14-5-2-6-15-24)35-27(25-16-7-8-17-28(25)37-31)20-26(33-35)22-11-3-1-4-12-22/h1-19,27H,20H2/b29-19-. The number of hydrogen-bond donors (Lipinski definition) is 0. The third-order valence-corrected chi connectivity index (χ3v) is 8.48. The number of carbonyl (C=O) groups is 1. The van der Waals surface area contributed by atoms with Crippen LogP contribution in [0.3, 0.4) is 0 Å². The molecule has 1 spiro atoms. The molecule has 4 aromatic carbocycles. The highest BCUT2D eigenvalue weighted by molar-refractivity contribution is 9.10. The van der Waals surface area contributed by atoms with Crippen molar-refractivity contribution >= 4 is 50.4 Å². The van der Waals surface area contributed by atoms with Crippen LogP contribution < -0.4 is 9.64 Å². The van der Waals surface area contributed by atoms with Crippen molar-refractivity contribution in [3.63, 3.8) is 0 Å². The van der Waals surface area contributed by atoms with Gasteiger partial charge in [-0.15, -0.1) is 0 Å². The van der Waals surface area contributed by atoms with E-state index in [0.717, 1.165) is 43.2 Å². The zero-order valence-electron chi connectivity index (χ0n) is 20.2. The smallest absolute Gasteiger partial charge is 0.321 e. The summed E-state index contributed by atoms with van der Waals surface area (Å²) in [5, 5.41) is 7.10. The van der Waals surface area contributed by atoms with E-state index >= 15 is 0 Å². The minimum atomic E-state index is -1.28. The second-order valence-corrected chi connectivity index (χ2v) is 11.2. The van der Waals surface area contributed by atoms with Gasteiger partial charge in [-0.25, -0.2) is 9.91 Å². The molecule has 2 atom stereocenters.